The predicted octanol–water partition coefficient (Wildman–Crippen LogP) is 3.05. The molecule has 3 heteroatoms. The summed E-state index contributed by atoms with van der Waals surface area (Å²) < 4.78 is 9.13. The van der Waals surface area contributed by atoms with Gasteiger partial charge in [-0.2, -0.15) is 0 Å². The van der Waals surface area contributed by atoms with Crippen molar-refractivity contribution in [3.05, 3.63) is 63.5 Å². The zero-order valence-corrected chi connectivity index (χ0v) is 9.61. The molecule has 2 aromatic rings. The summed E-state index contributed by atoms with van der Waals surface area (Å²) in [6.45, 7) is 1.76. The molecular formula is C13H12ClNO. The van der Waals surface area contributed by atoms with E-state index in [1.54, 1.807) is 31.3 Å². The Morgan fingerprint density at radius 2 is 2.06 bits per heavy atom. The highest BCUT2D eigenvalue weighted by molar-refractivity contribution is 6.32. The Kier molecular flexibility index (Phi) is 2.74. The van der Waals surface area contributed by atoms with Crippen LogP contribution in [0.4, 0.5) is 0 Å². The van der Waals surface area contributed by atoms with E-state index >= 15 is 0 Å². The highest BCUT2D eigenvalue weighted by Gasteiger charge is 2.04. The molecule has 16 heavy (non-hydrogen) atoms. The summed E-state index contributed by atoms with van der Waals surface area (Å²) in [5, 5.41) is 0.518. The molecule has 82 valence electrons. The minimum atomic E-state index is -0.371. The smallest absolute Gasteiger partial charge is 0.255 e. The van der Waals surface area contributed by atoms with E-state index in [0.29, 0.717) is 10.7 Å². The number of nitrogens with zero attached hydrogens (tertiary/aromatic N) is 1. The fourth-order valence-electron chi connectivity index (χ4n) is 1.51. The van der Waals surface area contributed by atoms with Gasteiger partial charge < -0.3 is 0 Å². The standard InChI is InChI=1S/C13H12ClNO/c1-2-10-7-8-13(16)15(9-10)12-6-4-3-5-11(12)14/h3-9H,2H2,1H3/i2D. The van der Waals surface area contributed by atoms with Crippen molar-refractivity contribution in [2.45, 2.75) is 13.3 Å². The number of benzene rings is 1. The number of rotatable bonds is 2. The first-order chi connectivity index (χ1) is 8.09. The number of hydrogen-bond donors (Lipinski definition) is 0. The van der Waals surface area contributed by atoms with Crippen LogP contribution in [-0.4, -0.2) is 4.57 Å². The molecule has 0 N–H and O–H groups in total. The van der Waals surface area contributed by atoms with Crippen LogP contribution in [0.2, 0.25) is 5.02 Å². The van der Waals surface area contributed by atoms with Gasteiger partial charge >= 0.3 is 0 Å². The molecule has 2 rings (SSSR count). The Morgan fingerprint density at radius 1 is 1.31 bits per heavy atom. The van der Waals surface area contributed by atoms with Crippen molar-refractivity contribution in [3.8, 4) is 5.69 Å². The van der Waals surface area contributed by atoms with Gasteiger partial charge in [0.2, 0.25) is 0 Å². The Bertz CT molecular complexity index is 592. The lowest BCUT2D eigenvalue weighted by atomic mass is 10.2. The van der Waals surface area contributed by atoms with Crippen LogP contribution in [0.15, 0.2) is 47.4 Å². The first-order valence-corrected chi connectivity index (χ1v) is 5.37. The van der Waals surface area contributed by atoms with Gasteiger partial charge in [-0.25, -0.2) is 0 Å². The molecule has 0 fully saturated rings. The van der Waals surface area contributed by atoms with Gasteiger partial charge in [0, 0.05) is 13.6 Å². The zero-order valence-electron chi connectivity index (χ0n) is 9.85. The summed E-state index contributed by atoms with van der Waals surface area (Å²) in [5.41, 5.74) is 1.27. The molecule has 0 bridgehead atoms. The van der Waals surface area contributed by atoms with Gasteiger partial charge in [0.1, 0.15) is 0 Å². The average Bonchev–Trinajstić information content (AvgIpc) is 2.30. The van der Waals surface area contributed by atoms with E-state index in [2.05, 4.69) is 0 Å². The van der Waals surface area contributed by atoms with Crippen LogP contribution in [0.5, 0.6) is 0 Å². The van der Waals surface area contributed by atoms with Gasteiger partial charge in [-0.05, 0) is 24.1 Å². The van der Waals surface area contributed by atoms with Crippen LogP contribution < -0.4 is 5.56 Å². The summed E-state index contributed by atoms with van der Waals surface area (Å²) in [7, 11) is 0. The van der Waals surface area contributed by atoms with Crippen LogP contribution >= 0.6 is 11.6 Å². The summed E-state index contributed by atoms with van der Waals surface area (Å²) >= 11 is 6.06. The van der Waals surface area contributed by atoms with Crippen LogP contribution in [0.1, 0.15) is 13.9 Å². The lowest BCUT2D eigenvalue weighted by Crippen LogP contribution is -2.17. The Balaban J connectivity index is 2.63. The number of para-hydroxylation sites is 1. The van der Waals surface area contributed by atoms with Gasteiger partial charge in [-0.3, -0.25) is 9.36 Å². The first-order valence-electron chi connectivity index (χ1n) is 5.57. The summed E-state index contributed by atoms with van der Waals surface area (Å²) in [6.07, 6.45) is 1.30. The van der Waals surface area contributed by atoms with E-state index in [0.717, 1.165) is 5.56 Å². The van der Waals surface area contributed by atoms with Crippen molar-refractivity contribution in [2.24, 2.45) is 0 Å². The predicted molar refractivity (Wildman–Crippen MR) is 66.4 cm³/mol. The number of halogens is 1. The third kappa shape index (κ3) is 2.02. The molecule has 1 atom stereocenters. The van der Waals surface area contributed by atoms with Crippen LogP contribution in [-0.2, 0) is 6.40 Å². The molecule has 1 aromatic heterocycles. The molecule has 0 aliphatic carbocycles. The van der Waals surface area contributed by atoms with Crippen molar-refractivity contribution in [2.75, 3.05) is 0 Å². The fourth-order valence-corrected chi connectivity index (χ4v) is 1.74. The quantitative estimate of drug-likeness (QED) is 0.783. The van der Waals surface area contributed by atoms with Crippen molar-refractivity contribution in [1.29, 1.82) is 0 Å². The van der Waals surface area contributed by atoms with Gasteiger partial charge in [0.15, 0.2) is 0 Å². The molecule has 1 aromatic carbocycles. The number of hydrogen-bond acceptors (Lipinski definition) is 1. The minimum Gasteiger partial charge on any atom is -0.283 e. The Labute approximate surface area is 101 Å². The molecule has 0 spiro atoms. The fraction of sp³-hybridized carbons (Fsp3) is 0.154. The third-order valence-electron chi connectivity index (χ3n) is 2.38. The summed E-state index contributed by atoms with van der Waals surface area (Å²) in [4.78, 5) is 11.8. The van der Waals surface area contributed by atoms with Crippen LogP contribution in [0, 0.1) is 0 Å². The van der Waals surface area contributed by atoms with Crippen molar-refractivity contribution in [3.63, 3.8) is 0 Å². The Hall–Kier alpha value is -1.54. The molecule has 0 radical (unpaired) electrons. The summed E-state index contributed by atoms with van der Waals surface area (Å²) in [5.74, 6) is 0. The van der Waals surface area contributed by atoms with Crippen molar-refractivity contribution in [1.82, 2.24) is 4.57 Å². The third-order valence-corrected chi connectivity index (χ3v) is 2.70. The highest BCUT2D eigenvalue weighted by Crippen LogP contribution is 2.18. The van der Waals surface area contributed by atoms with Crippen LogP contribution in [0.25, 0.3) is 5.69 Å². The maximum atomic E-state index is 11.8. The molecule has 2 nitrogen and oxygen atoms in total. The largest absolute Gasteiger partial charge is 0.283 e. The number of aromatic nitrogens is 1. The van der Waals surface area contributed by atoms with Gasteiger partial charge in [-0.1, -0.05) is 36.7 Å². The molecule has 0 saturated carbocycles. The maximum absolute atomic E-state index is 11.8. The molecule has 0 aliphatic rings. The average molecular weight is 235 g/mol. The van der Waals surface area contributed by atoms with E-state index < -0.39 is 0 Å². The van der Waals surface area contributed by atoms with Gasteiger partial charge in [-0.15, -0.1) is 0 Å². The Morgan fingerprint density at radius 3 is 2.75 bits per heavy atom. The monoisotopic (exact) mass is 234 g/mol. The van der Waals surface area contributed by atoms with Gasteiger partial charge in [0.05, 0.1) is 10.7 Å². The van der Waals surface area contributed by atoms with E-state index in [9.17, 15) is 4.79 Å². The highest BCUT2D eigenvalue weighted by atomic mass is 35.5. The second-order valence-corrected chi connectivity index (χ2v) is 3.82. The zero-order chi connectivity index (χ0) is 12.4. The molecule has 1 heterocycles. The van der Waals surface area contributed by atoms with Crippen LogP contribution in [0.3, 0.4) is 0 Å². The van der Waals surface area contributed by atoms with E-state index in [4.69, 9.17) is 13.0 Å². The van der Waals surface area contributed by atoms with E-state index in [1.165, 1.54) is 10.6 Å². The molecular weight excluding hydrogens is 222 g/mol. The molecule has 0 amide bonds. The maximum Gasteiger partial charge on any atom is 0.255 e. The van der Waals surface area contributed by atoms with E-state index in [-0.39, 0.29) is 12.0 Å². The first kappa shape index (κ1) is 9.67. The summed E-state index contributed by atoms with van der Waals surface area (Å²) in [6, 6.07) is 10.3. The molecule has 0 saturated heterocycles. The molecule has 0 aliphatic heterocycles. The van der Waals surface area contributed by atoms with Crippen molar-refractivity contribution < 1.29 is 1.37 Å². The second-order valence-electron chi connectivity index (χ2n) is 3.41. The number of aryl methyl sites for hydroxylation is 1. The normalized spacial score (nSPS) is 13.2. The lowest BCUT2D eigenvalue weighted by molar-refractivity contribution is 0.953. The minimum absolute atomic E-state index is 0.150. The molecule has 1 unspecified atom stereocenters. The topological polar surface area (TPSA) is 22.0 Å². The van der Waals surface area contributed by atoms with E-state index in [1.807, 2.05) is 12.1 Å². The van der Waals surface area contributed by atoms with Crippen molar-refractivity contribution >= 4 is 11.6 Å². The SMILES string of the molecule is [2H]C(C)c1ccc(=O)n(-c2ccccc2Cl)c1. The number of pyridine rings is 1. The van der Waals surface area contributed by atoms with Gasteiger partial charge in [0.25, 0.3) is 5.56 Å². The lowest BCUT2D eigenvalue weighted by Gasteiger charge is -2.08. The second kappa shape index (κ2) is 4.54.